The van der Waals surface area contributed by atoms with Crippen molar-refractivity contribution in [2.24, 2.45) is 5.41 Å². The maximum atomic E-state index is 13.2. The molecule has 0 spiro atoms. The predicted molar refractivity (Wildman–Crippen MR) is 112 cm³/mol. The summed E-state index contributed by atoms with van der Waals surface area (Å²) in [5, 5.41) is 19.3. The maximum absolute atomic E-state index is 13.2. The standard InChI is InChI=1S/C21H35N5O4/c1-21(2,3)18(19(28)22-8-11-27)23-20(29)26-16-7-12-30-13-15(16)17(24-26)14-5-9-25(4)10-6-14/h14,18,27H,5-13H2,1-4H3,(H,22,28)(H,23,29)/t18-/m1/s1. The highest BCUT2D eigenvalue weighted by Gasteiger charge is 2.35. The van der Waals surface area contributed by atoms with Crippen LogP contribution in [0.1, 0.15) is 56.5 Å². The van der Waals surface area contributed by atoms with Crippen molar-refractivity contribution in [2.45, 2.75) is 58.6 Å². The fourth-order valence-electron chi connectivity index (χ4n) is 4.18. The van der Waals surface area contributed by atoms with Crippen molar-refractivity contribution in [3.63, 3.8) is 0 Å². The number of likely N-dealkylation sites (tertiary alicyclic amines) is 1. The van der Waals surface area contributed by atoms with Crippen molar-refractivity contribution in [2.75, 3.05) is 39.9 Å². The molecule has 0 aliphatic carbocycles. The molecule has 3 heterocycles. The molecule has 1 fully saturated rings. The van der Waals surface area contributed by atoms with Gasteiger partial charge >= 0.3 is 6.03 Å². The van der Waals surface area contributed by atoms with E-state index in [4.69, 9.17) is 14.9 Å². The van der Waals surface area contributed by atoms with Crippen LogP contribution < -0.4 is 10.6 Å². The molecule has 0 saturated carbocycles. The van der Waals surface area contributed by atoms with Crippen LogP contribution >= 0.6 is 0 Å². The van der Waals surface area contributed by atoms with Gasteiger partial charge in [-0.25, -0.2) is 4.79 Å². The molecule has 3 N–H and O–H groups in total. The first-order valence-corrected chi connectivity index (χ1v) is 10.8. The quantitative estimate of drug-likeness (QED) is 0.650. The van der Waals surface area contributed by atoms with E-state index in [2.05, 4.69) is 22.6 Å². The fraction of sp³-hybridized carbons (Fsp3) is 0.762. The van der Waals surface area contributed by atoms with Gasteiger partial charge in [-0.2, -0.15) is 9.78 Å². The number of hydrogen-bond acceptors (Lipinski definition) is 6. The van der Waals surface area contributed by atoms with E-state index >= 15 is 0 Å². The van der Waals surface area contributed by atoms with Gasteiger partial charge < -0.3 is 25.4 Å². The molecule has 9 nitrogen and oxygen atoms in total. The van der Waals surface area contributed by atoms with Crippen LogP contribution in [-0.4, -0.2) is 77.7 Å². The van der Waals surface area contributed by atoms with Gasteiger partial charge in [0.2, 0.25) is 5.91 Å². The number of fused-ring (bicyclic) bond motifs is 1. The molecule has 1 saturated heterocycles. The molecule has 30 heavy (non-hydrogen) atoms. The van der Waals surface area contributed by atoms with E-state index < -0.39 is 17.5 Å². The molecule has 2 aliphatic rings. The highest BCUT2D eigenvalue weighted by molar-refractivity contribution is 5.88. The number of rotatable bonds is 5. The minimum absolute atomic E-state index is 0.149. The summed E-state index contributed by atoms with van der Waals surface area (Å²) < 4.78 is 7.12. The third-order valence-corrected chi connectivity index (χ3v) is 5.96. The van der Waals surface area contributed by atoms with Crippen molar-refractivity contribution < 1.29 is 19.4 Å². The number of piperidine rings is 1. The molecular weight excluding hydrogens is 386 g/mol. The van der Waals surface area contributed by atoms with Gasteiger partial charge in [-0.05, 0) is 38.4 Å². The van der Waals surface area contributed by atoms with Gasteiger partial charge in [-0.1, -0.05) is 20.8 Å². The monoisotopic (exact) mass is 421 g/mol. The van der Waals surface area contributed by atoms with Gasteiger partial charge in [0.1, 0.15) is 6.04 Å². The van der Waals surface area contributed by atoms with Crippen molar-refractivity contribution in [1.82, 2.24) is 25.3 Å². The van der Waals surface area contributed by atoms with Crippen LogP contribution in [0.2, 0.25) is 0 Å². The smallest absolute Gasteiger partial charge is 0.342 e. The normalized spacial score (nSPS) is 19.2. The Hall–Kier alpha value is -1.97. The third kappa shape index (κ3) is 5.01. The summed E-state index contributed by atoms with van der Waals surface area (Å²) in [6, 6.07) is -1.14. The molecule has 2 amide bonds. The second-order valence-corrected chi connectivity index (χ2v) is 9.37. The zero-order valence-corrected chi connectivity index (χ0v) is 18.5. The van der Waals surface area contributed by atoms with Crippen LogP contribution in [0.15, 0.2) is 0 Å². The molecule has 1 aromatic heterocycles. The lowest BCUT2D eigenvalue weighted by atomic mass is 9.86. The number of carbonyl (C=O) groups is 2. The van der Waals surface area contributed by atoms with Crippen LogP contribution in [0.3, 0.4) is 0 Å². The van der Waals surface area contributed by atoms with E-state index in [0.717, 1.165) is 42.9 Å². The number of aliphatic hydroxyl groups is 1. The van der Waals surface area contributed by atoms with E-state index in [1.165, 1.54) is 4.68 Å². The second kappa shape index (κ2) is 9.45. The molecule has 0 radical (unpaired) electrons. The van der Waals surface area contributed by atoms with Crippen molar-refractivity contribution in [3.8, 4) is 0 Å². The number of amides is 2. The number of nitrogens with one attached hydrogen (secondary N) is 2. The lowest BCUT2D eigenvalue weighted by Gasteiger charge is -2.30. The molecule has 3 rings (SSSR count). The van der Waals surface area contributed by atoms with Gasteiger partial charge in [0.05, 0.1) is 31.2 Å². The zero-order chi connectivity index (χ0) is 21.9. The Bertz CT molecular complexity index is 762. The average molecular weight is 422 g/mol. The van der Waals surface area contributed by atoms with E-state index in [-0.39, 0.29) is 19.1 Å². The molecular formula is C21H35N5O4. The average Bonchev–Trinajstić information content (AvgIpc) is 3.09. The summed E-state index contributed by atoms with van der Waals surface area (Å²) >= 11 is 0. The Morgan fingerprint density at radius 3 is 2.63 bits per heavy atom. The molecule has 0 aromatic carbocycles. The van der Waals surface area contributed by atoms with E-state index in [1.54, 1.807) is 0 Å². The largest absolute Gasteiger partial charge is 0.395 e. The van der Waals surface area contributed by atoms with E-state index in [9.17, 15) is 9.59 Å². The Morgan fingerprint density at radius 1 is 1.30 bits per heavy atom. The minimum atomic E-state index is -0.747. The molecule has 9 heteroatoms. The van der Waals surface area contributed by atoms with Crippen molar-refractivity contribution >= 4 is 11.9 Å². The minimum Gasteiger partial charge on any atom is -0.395 e. The first-order chi connectivity index (χ1) is 14.2. The SMILES string of the molecule is CN1CCC(c2nn(C(=O)N[C@H](C(=O)NCCO)C(C)(C)C)c3c2COCC3)CC1. The van der Waals surface area contributed by atoms with Crippen molar-refractivity contribution in [3.05, 3.63) is 17.0 Å². The van der Waals surface area contributed by atoms with E-state index in [1.807, 2.05) is 20.8 Å². The van der Waals surface area contributed by atoms with Crippen LogP contribution in [0, 0.1) is 5.41 Å². The van der Waals surface area contributed by atoms with Crippen LogP contribution in [0.5, 0.6) is 0 Å². The maximum Gasteiger partial charge on any atom is 0.342 e. The summed E-state index contributed by atoms with van der Waals surface area (Å²) in [6.07, 6.45) is 2.64. The van der Waals surface area contributed by atoms with E-state index in [0.29, 0.717) is 25.6 Å². The van der Waals surface area contributed by atoms with Crippen LogP contribution in [0.25, 0.3) is 0 Å². The topological polar surface area (TPSA) is 109 Å². The lowest BCUT2D eigenvalue weighted by Crippen LogP contribution is -2.55. The van der Waals surface area contributed by atoms with Crippen molar-refractivity contribution in [1.29, 1.82) is 0 Å². The molecule has 2 aliphatic heterocycles. The highest BCUT2D eigenvalue weighted by atomic mass is 16.5. The van der Waals surface area contributed by atoms with Gasteiger partial charge in [0, 0.05) is 24.4 Å². The highest BCUT2D eigenvalue weighted by Crippen LogP contribution is 2.33. The molecule has 168 valence electrons. The van der Waals surface area contributed by atoms with Crippen LogP contribution in [-0.2, 0) is 22.6 Å². The number of hydrogen-bond donors (Lipinski definition) is 3. The Morgan fingerprint density at radius 2 is 2.00 bits per heavy atom. The summed E-state index contributed by atoms with van der Waals surface area (Å²) in [5.41, 5.74) is 2.38. The molecule has 0 bridgehead atoms. The third-order valence-electron chi connectivity index (χ3n) is 5.96. The number of ether oxygens (including phenoxy) is 1. The number of nitrogens with zero attached hydrogens (tertiary/aromatic N) is 3. The van der Waals surface area contributed by atoms with Gasteiger partial charge in [-0.3, -0.25) is 4.79 Å². The first kappa shape index (κ1) is 22.7. The fourth-order valence-corrected chi connectivity index (χ4v) is 4.18. The summed E-state index contributed by atoms with van der Waals surface area (Å²) in [5.74, 6) is 0.00163. The van der Waals surface area contributed by atoms with Gasteiger partial charge in [0.15, 0.2) is 0 Å². The molecule has 1 atom stereocenters. The summed E-state index contributed by atoms with van der Waals surface area (Å²) in [7, 11) is 2.12. The van der Waals surface area contributed by atoms with Gasteiger partial charge in [0.25, 0.3) is 0 Å². The lowest BCUT2D eigenvalue weighted by molar-refractivity contribution is -0.125. The number of aromatic nitrogens is 2. The second-order valence-electron chi connectivity index (χ2n) is 9.37. The summed E-state index contributed by atoms with van der Waals surface area (Å²) in [4.78, 5) is 28.1. The van der Waals surface area contributed by atoms with Gasteiger partial charge in [-0.15, -0.1) is 0 Å². The zero-order valence-electron chi connectivity index (χ0n) is 18.5. The predicted octanol–water partition coefficient (Wildman–Crippen LogP) is 0.846. The Labute approximate surface area is 178 Å². The molecule has 0 unspecified atom stereocenters. The van der Waals surface area contributed by atoms with Crippen LogP contribution in [0.4, 0.5) is 4.79 Å². The first-order valence-electron chi connectivity index (χ1n) is 10.8. The summed E-state index contributed by atoms with van der Waals surface area (Å²) in [6.45, 7) is 8.74. The number of carbonyl (C=O) groups excluding carboxylic acids is 2. The molecule has 1 aromatic rings. The Balaban J connectivity index is 1.85. The number of aliphatic hydroxyl groups excluding tert-OH is 1. The Kier molecular flexibility index (Phi) is 7.15.